The van der Waals surface area contributed by atoms with Crippen LogP contribution in [0.5, 0.6) is 0 Å². The van der Waals surface area contributed by atoms with E-state index in [-0.39, 0.29) is 11.5 Å². The fourth-order valence-corrected chi connectivity index (χ4v) is 1.19. The van der Waals surface area contributed by atoms with Crippen molar-refractivity contribution in [1.82, 2.24) is 5.32 Å². The van der Waals surface area contributed by atoms with Crippen molar-refractivity contribution in [3.8, 4) is 0 Å². The second kappa shape index (κ2) is 5.80. The fourth-order valence-electron chi connectivity index (χ4n) is 1.19. The summed E-state index contributed by atoms with van der Waals surface area (Å²) >= 11 is 0. The highest BCUT2D eigenvalue weighted by atomic mass is 16.5. The van der Waals surface area contributed by atoms with Crippen LogP contribution in [0.3, 0.4) is 0 Å². The molecule has 0 saturated heterocycles. The zero-order valence-electron chi connectivity index (χ0n) is 8.72. The van der Waals surface area contributed by atoms with Gasteiger partial charge in [-0.15, -0.1) is 0 Å². The van der Waals surface area contributed by atoms with Gasteiger partial charge >= 0.3 is 6.09 Å². The van der Waals surface area contributed by atoms with E-state index in [1.165, 1.54) is 7.11 Å². The molecular formula is C9H20N2O2. The molecular weight excluding hydrogens is 168 g/mol. The van der Waals surface area contributed by atoms with Crippen LogP contribution in [-0.2, 0) is 4.74 Å². The van der Waals surface area contributed by atoms with Crippen molar-refractivity contribution in [3.63, 3.8) is 0 Å². The lowest BCUT2D eigenvalue weighted by Crippen LogP contribution is -2.41. The van der Waals surface area contributed by atoms with Gasteiger partial charge in [-0.3, -0.25) is 0 Å². The van der Waals surface area contributed by atoms with Crippen LogP contribution in [0.25, 0.3) is 0 Å². The average Bonchev–Trinajstić information content (AvgIpc) is 2.20. The van der Waals surface area contributed by atoms with Gasteiger partial charge in [-0.05, 0) is 24.8 Å². The lowest BCUT2D eigenvalue weighted by atomic mass is 9.82. The Kier molecular flexibility index (Phi) is 5.46. The van der Waals surface area contributed by atoms with E-state index in [0.29, 0.717) is 13.1 Å². The first-order chi connectivity index (χ1) is 6.14. The summed E-state index contributed by atoms with van der Waals surface area (Å²) in [6.45, 7) is 5.33. The van der Waals surface area contributed by atoms with Crippen molar-refractivity contribution >= 4 is 6.09 Å². The number of rotatable bonds is 5. The summed E-state index contributed by atoms with van der Waals surface area (Å²) in [6.07, 6.45) is 1.54. The lowest BCUT2D eigenvalue weighted by molar-refractivity contribution is 0.161. The molecule has 4 heteroatoms. The number of ether oxygens (including phenoxy) is 1. The fraction of sp³-hybridized carbons (Fsp3) is 0.889. The van der Waals surface area contributed by atoms with Crippen LogP contribution >= 0.6 is 0 Å². The van der Waals surface area contributed by atoms with E-state index in [1.807, 2.05) is 0 Å². The second-order valence-electron chi connectivity index (χ2n) is 3.26. The van der Waals surface area contributed by atoms with Gasteiger partial charge < -0.3 is 15.8 Å². The molecule has 13 heavy (non-hydrogen) atoms. The highest BCUT2D eigenvalue weighted by Gasteiger charge is 2.24. The van der Waals surface area contributed by atoms with Crippen LogP contribution in [0.15, 0.2) is 0 Å². The Morgan fingerprint density at radius 1 is 1.46 bits per heavy atom. The zero-order valence-corrected chi connectivity index (χ0v) is 8.72. The van der Waals surface area contributed by atoms with E-state index in [0.717, 1.165) is 12.8 Å². The summed E-state index contributed by atoms with van der Waals surface area (Å²) in [7, 11) is 1.36. The summed E-state index contributed by atoms with van der Waals surface area (Å²) in [6, 6.07) is 0. The van der Waals surface area contributed by atoms with Gasteiger partial charge in [0.2, 0.25) is 0 Å². The molecule has 0 heterocycles. The number of amides is 1. The molecule has 0 aromatic rings. The SMILES string of the molecule is CCC(CC)(CN)CNC(=O)OC. The van der Waals surface area contributed by atoms with E-state index in [1.54, 1.807) is 0 Å². The van der Waals surface area contributed by atoms with E-state index in [9.17, 15) is 4.79 Å². The van der Waals surface area contributed by atoms with Crippen LogP contribution in [-0.4, -0.2) is 26.3 Å². The molecule has 78 valence electrons. The predicted molar refractivity (Wildman–Crippen MR) is 52.5 cm³/mol. The number of nitrogens with one attached hydrogen (secondary N) is 1. The number of alkyl carbamates (subject to hydrolysis) is 1. The minimum Gasteiger partial charge on any atom is -0.453 e. The molecule has 0 rings (SSSR count). The molecule has 4 nitrogen and oxygen atoms in total. The number of nitrogens with two attached hydrogens (primary N) is 1. The largest absolute Gasteiger partial charge is 0.453 e. The minimum absolute atomic E-state index is 0.0220. The molecule has 0 aromatic carbocycles. The third-order valence-corrected chi connectivity index (χ3v) is 2.73. The molecule has 0 unspecified atom stereocenters. The smallest absolute Gasteiger partial charge is 0.406 e. The minimum atomic E-state index is -0.389. The molecule has 3 N–H and O–H groups in total. The Morgan fingerprint density at radius 2 is 2.00 bits per heavy atom. The Labute approximate surface area is 79.8 Å². The molecule has 0 aromatic heterocycles. The second-order valence-corrected chi connectivity index (χ2v) is 3.26. The first-order valence-electron chi connectivity index (χ1n) is 4.66. The van der Waals surface area contributed by atoms with E-state index in [4.69, 9.17) is 5.73 Å². The maximum absolute atomic E-state index is 10.8. The molecule has 0 atom stereocenters. The first kappa shape index (κ1) is 12.2. The van der Waals surface area contributed by atoms with E-state index in [2.05, 4.69) is 23.9 Å². The molecule has 0 aliphatic rings. The first-order valence-corrected chi connectivity index (χ1v) is 4.66. The third-order valence-electron chi connectivity index (χ3n) is 2.73. The van der Waals surface area contributed by atoms with Crippen LogP contribution < -0.4 is 11.1 Å². The average molecular weight is 188 g/mol. The molecule has 0 saturated carbocycles. The van der Waals surface area contributed by atoms with Gasteiger partial charge in [0.15, 0.2) is 0 Å². The molecule has 0 aliphatic carbocycles. The molecule has 0 radical (unpaired) electrons. The number of methoxy groups -OCH3 is 1. The number of carbonyl (C=O) groups is 1. The predicted octanol–water partition coefficient (Wildman–Crippen LogP) is 1.11. The third kappa shape index (κ3) is 3.63. The standard InChI is InChI=1S/C9H20N2O2/c1-4-9(5-2,6-10)7-11-8(12)13-3/h4-7,10H2,1-3H3,(H,11,12). The zero-order chi connectivity index (χ0) is 10.3. The van der Waals surface area contributed by atoms with Crippen LogP contribution in [0.4, 0.5) is 4.79 Å². The molecule has 1 amide bonds. The van der Waals surface area contributed by atoms with Gasteiger partial charge in [0.05, 0.1) is 7.11 Å². The summed E-state index contributed by atoms with van der Waals surface area (Å²) in [5.41, 5.74) is 5.69. The Bertz CT molecular complexity index is 147. The van der Waals surface area contributed by atoms with Gasteiger partial charge in [-0.1, -0.05) is 13.8 Å². The van der Waals surface area contributed by atoms with Gasteiger partial charge in [0.25, 0.3) is 0 Å². The normalized spacial score (nSPS) is 11.1. The summed E-state index contributed by atoms with van der Waals surface area (Å²) in [5, 5.41) is 2.68. The molecule has 0 aliphatic heterocycles. The number of carbonyl (C=O) groups excluding carboxylic acids is 1. The monoisotopic (exact) mass is 188 g/mol. The Morgan fingerprint density at radius 3 is 2.31 bits per heavy atom. The van der Waals surface area contributed by atoms with Crippen molar-refractivity contribution in [2.75, 3.05) is 20.2 Å². The highest BCUT2D eigenvalue weighted by Crippen LogP contribution is 2.23. The highest BCUT2D eigenvalue weighted by molar-refractivity contribution is 5.66. The summed E-state index contributed by atoms with van der Waals surface area (Å²) in [4.78, 5) is 10.8. The van der Waals surface area contributed by atoms with Crippen molar-refractivity contribution < 1.29 is 9.53 Å². The Hall–Kier alpha value is -0.770. The van der Waals surface area contributed by atoms with Gasteiger partial charge in [0.1, 0.15) is 0 Å². The van der Waals surface area contributed by atoms with Gasteiger partial charge in [-0.25, -0.2) is 4.79 Å². The molecule has 0 fully saturated rings. The van der Waals surface area contributed by atoms with Crippen LogP contribution in [0.1, 0.15) is 26.7 Å². The van der Waals surface area contributed by atoms with Crippen molar-refractivity contribution in [2.45, 2.75) is 26.7 Å². The van der Waals surface area contributed by atoms with E-state index < -0.39 is 0 Å². The summed E-state index contributed by atoms with van der Waals surface area (Å²) < 4.78 is 4.49. The van der Waals surface area contributed by atoms with Gasteiger partial charge in [0, 0.05) is 6.54 Å². The number of hydrogen-bond acceptors (Lipinski definition) is 3. The maximum Gasteiger partial charge on any atom is 0.406 e. The lowest BCUT2D eigenvalue weighted by Gasteiger charge is -2.29. The van der Waals surface area contributed by atoms with Crippen molar-refractivity contribution in [3.05, 3.63) is 0 Å². The van der Waals surface area contributed by atoms with Gasteiger partial charge in [-0.2, -0.15) is 0 Å². The number of hydrogen-bond donors (Lipinski definition) is 2. The van der Waals surface area contributed by atoms with E-state index >= 15 is 0 Å². The van der Waals surface area contributed by atoms with Crippen LogP contribution in [0, 0.1) is 5.41 Å². The van der Waals surface area contributed by atoms with Crippen molar-refractivity contribution in [1.29, 1.82) is 0 Å². The molecule has 0 bridgehead atoms. The van der Waals surface area contributed by atoms with Crippen molar-refractivity contribution in [2.24, 2.45) is 11.1 Å². The quantitative estimate of drug-likeness (QED) is 0.679. The Balaban J connectivity index is 4.02. The summed E-state index contributed by atoms with van der Waals surface area (Å²) in [5.74, 6) is 0. The topological polar surface area (TPSA) is 64.3 Å². The van der Waals surface area contributed by atoms with Crippen LogP contribution in [0.2, 0.25) is 0 Å². The molecule has 0 spiro atoms. The maximum atomic E-state index is 10.8.